The van der Waals surface area contributed by atoms with E-state index in [9.17, 15) is 19.3 Å². The molecule has 1 aromatic heterocycles. The lowest BCUT2D eigenvalue weighted by atomic mass is 9.93. The van der Waals surface area contributed by atoms with Crippen molar-refractivity contribution in [2.24, 2.45) is 0 Å². The molecule has 1 N–H and O–H groups in total. The van der Waals surface area contributed by atoms with Crippen molar-refractivity contribution in [3.63, 3.8) is 0 Å². The van der Waals surface area contributed by atoms with Gasteiger partial charge in [-0.05, 0) is 25.0 Å². The molecule has 1 aromatic carbocycles. The Bertz CT molecular complexity index is 758. The highest BCUT2D eigenvalue weighted by molar-refractivity contribution is 5.96. The number of amides is 1. The van der Waals surface area contributed by atoms with Crippen LogP contribution < -0.4 is 0 Å². The number of carbonyl (C=O) groups excluding carboxylic acids is 1. The summed E-state index contributed by atoms with van der Waals surface area (Å²) in [5.74, 6) is -0.924. The van der Waals surface area contributed by atoms with Gasteiger partial charge in [0.1, 0.15) is 12.0 Å². The molecule has 0 saturated heterocycles. The maximum absolute atomic E-state index is 14.0. The first-order valence-corrected chi connectivity index (χ1v) is 6.76. The van der Waals surface area contributed by atoms with E-state index >= 15 is 0 Å². The van der Waals surface area contributed by atoms with Gasteiger partial charge in [-0.3, -0.25) is 20.0 Å². The molecule has 8 heteroatoms. The highest BCUT2D eigenvalue weighted by Crippen LogP contribution is 2.33. The van der Waals surface area contributed by atoms with Crippen LogP contribution >= 0.6 is 0 Å². The maximum atomic E-state index is 14.0. The smallest absolute Gasteiger partial charge is 0.319 e. The molecule has 1 aliphatic rings. The molecule has 1 amide bonds. The molecule has 0 saturated carbocycles. The number of hydrogen-bond donors (Lipinski definition) is 1. The highest BCUT2D eigenvalue weighted by atomic mass is 19.1. The summed E-state index contributed by atoms with van der Waals surface area (Å²) in [6, 6.07) is 4.32. The zero-order chi connectivity index (χ0) is 15.9. The number of benzene rings is 1. The Morgan fingerprint density at radius 1 is 1.55 bits per heavy atom. The molecule has 22 heavy (non-hydrogen) atoms. The summed E-state index contributed by atoms with van der Waals surface area (Å²) < 4.78 is 14.0. The lowest BCUT2D eigenvalue weighted by molar-refractivity contribution is -0.385. The summed E-state index contributed by atoms with van der Waals surface area (Å²) in [7, 11) is 0. The summed E-state index contributed by atoms with van der Waals surface area (Å²) in [5.41, 5.74) is 0.757. The minimum absolute atomic E-state index is 0.184. The molecule has 1 atom stereocenters. The van der Waals surface area contributed by atoms with Gasteiger partial charge in [0.15, 0.2) is 0 Å². The monoisotopic (exact) mass is 304 g/mol. The highest BCUT2D eigenvalue weighted by Gasteiger charge is 2.34. The van der Waals surface area contributed by atoms with Gasteiger partial charge in [0.05, 0.1) is 11.0 Å². The van der Waals surface area contributed by atoms with Crippen LogP contribution in [0, 0.1) is 15.9 Å². The number of halogens is 1. The van der Waals surface area contributed by atoms with Crippen molar-refractivity contribution in [3.05, 3.63) is 57.1 Å². The van der Waals surface area contributed by atoms with E-state index < -0.39 is 16.9 Å². The molecule has 0 radical (unpaired) electrons. The summed E-state index contributed by atoms with van der Waals surface area (Å²) in [5, 5.41) is 16.8. The number of nitro groups is 1. The van der Waals surface area contributed by atoms with Crippen LogP contribution in [0.25, 0.3) is 0 Å². The van der Waals surface area contributed by atoms with Crippen LogP contribution in [0.2, 0.25) is 0 Å². The van der Waals surface area contributed by atoms with Gasteiger partial charge in [-0.25, -0.2) is 4.39 Å². The van der Waals surface area contributed by atoms with Crippen LogP contribution in [0.5, 0.6) is 0 Å². The Hall–Kier alpha value is -2.77. The summed E-state index contributed by atoms with van der Waals surface area (Å²) >= 11 is 0. The van der Waals surface area contributed by atoms with Crippen molar-refractivity contribution >= 4 is 11.6 Å². The topological polar surface area (TPSA) is 92.1 Å². The summed E-state index contributed by atoms with van der Waals surface area (Å²) in [6.45, 7) is 2.08. The Morgan fingerprint density at radius 3 is 3.05 bits per heavy atom. The van der Waals surface area contributed by atoms with Crippen LogP contribution in [0.3, 0.4) is 0 Å². The molecule has 0 spiro atoms. The number of carbonyl (C=O) groups is 1. The molecule has 0 unspecified atom stereocenters. The first-order valence-electron chi connectivity index (χ1n) is 6.76. The minimum Gasteiger partial charge on any atom is -0.330 e. The Kier molecular flexibility index (Phi) is 3.36. The van der Waals surface area contributed by atoms with Crippen molar-refractivity contribution in [2.45, 2.75) is 19.4 Å². The quantitative estimate of drug-likeness (QED) is 0.680. The van der Waals surface area contributed by atoms with Crippen LogP contribution in [0.15, 0.2) is 24.4 Å². The van der Waals surface area contributed by atoms with Crippen molar-refractivity contribution < 1.29 is 14.1 Å². The van der Waals surface area contributed by atoms with E-state index in [-0.39, 0.29) is 17.2 Å². The van der Waals surface area contributed by atoms with E-state index in [0.717, 1.165) is 11.8 Å². The number of hydrogen-bond acceptors (Lipinski definition) is 4. The molecule has 3 rings (SSSR count). The van der Waals surface area contributed by atoms with Gasteiger partial charge in [0, 0.05) is 12.1 Å². The second-order valence-electron chi connectivity index (χ2n) is 5.12. The van der Waals surface area contributed by atoms with Gasteiger partial charge in [-0.1, -0.05) is 12.1 Å². The summed E-state index contributed by atoms with van der Waals surface area (Å²) in [6.07, 6.45) is 1.50. The molecule has 0 fully saturated rings. The average Bonchev–Trinajstić information content (AvgIpc) is 2.96. The van der Waals surface area contributed by atoms with E-state index in [1.807, 2.05) is 6.07 Å². The molecule has 7 nitrogen and oxygen atoms in total. The number of rotatable bonds is 2. The van der Waals surface area contributed by atoms with Crippen molar-refractivity contribution in [2.75, 3.05) is 6.54 Å². The van der Waals surface area contributed by atoms with E-state index in [1.165, 1.54) is 11.0 Å². The van der Waals surface area contributed by atoms with E-state index in [4.69, 9.17) is 0 Å². The van der Waals surface area contributed by atoms with Gasteiger partial charge in [-0.2, -0.15) is 5.10 Å². The van der Waals surface area contributed by atoms with E-state index in [2.05, 4.69) is 10.2 Å². The fourth-order valence-corrected chi connectivity index (χ4v) is 2.85. The minimum atomic E-state index is -0.667. The Labute approximate surface area is 124 Å². The standard InChI is InChI=1S/C14H13FN4O3/c1-8-12-9(3-2-4-10(12)15)5-6-18(8)14(20)13-11(19(21)22)7-16-17-13/h2-4,7-8H,5-6H2,1H3,(H,16,17)/t8-/m1/s1. The molecular weight excluding hydrogens is 291 g/mol. The van der Waals surface area contributed by atoms with Gasteiger partial charge in [0.2, 0.25) is 5.69 Å². The molecule has 2 aromatic rings. The lowest BCUT2D eigenvalue weighted by Gasteiger charge is -2.35. The van der Waals surface area contributed by atoms with Gasteiger partial charge >= 0.3 is 5.69 Å². The largest absolute Gasteiger partial charge is 0.330 e. The molecule has 114 valence electrons. The van der Waals surface area contributed by atoms with Crippen molar-refractivity contribution in [3.8, 4) is 0 Å². The molecule has 0 aliphatic carbocycles. The zero-order valence-electron chi connectivity index (χ0n) is 11.7. The average molecular weight is 304 g/mol. The van der Waals surface area contributed by atoms with Crippen LogP contribution in [0.4, 0.5) is 10.1 Å². The molecular formula is C14H13FN4O3. The molecule has 2 heterocycles. The van der Waals surface area contributed by atoms with Crippen LogP contribution in [-0.2, 0) is 6.42 Å². The third-order valence-electron chi connectivity index (χ3n) is 3.94. The van der Waals surface area contributed by atoms with Crippen LogP contribution in [0.1, 0.15) is 34.6 Å². The van der Waals surface area contributed by atoms with Crippen molar-refractivity contribution in [1.29, 1.82) is 0 Å². The first-order chi connectivity index (χ1) is 10.5. The molecule has 0 bridgehead atoms. The Morgan fingerprint density at radius 2 is 2.32 bits per heavy atom. The van der Waals surface area contributed by atoms with Crippen molar-refractivity contribution in [1.82, 2.24) is 15.1 Å². The second-order valence-corrected chi connectivity index (χ2v) is 5.12. The van der Waals surface area contributed by atoms with E-state index in [1.54, 1.807) is 13.0 Å². The number of nitrogens with one attached hydrogen (secondary N) is 1. The Balaban J connectivity index is 1.97. The predicted molar refractivity (Wildman–Crippen MR) is 74.8 cm³/mol. The van der Waals surface area contributed by atoms with Crippen LogP contribution in [-0.4, -0.2) is 32.5 Å². The first kappa shape index (κ1) is 14.2. The normalized spacial score (nSPS) is 17.2. The fraction of sp³-hybridized carbons (Fsp3) is 0.286. The maximum Gasteiger partial charge on any atom is 0.319 e. The number of aromatic amines is 1. The van der Waals surface area contributed by atoms with Gasteiger partial charge in [-0.15, -0.1) is 0 Å². The number of aromatic nitrogens is 2. The predicted octanol–water partition coefficient (Wildman–Crippen LogP) is 2.22. The van der Waals surface area contributed by atoms with E-state index in [0.29, 0.717) is 18.5 Å². The van der Waals surface area contributed by atoms with Gasteiger partial charge < -0.3 is 4.90 Å². The SMILES string of the molecule is C[C@@H]1c2c(F)cccc2CCN1C(=O)c1[nH]ncc1[N+](=O)[O-]. The molecule has 1 aliphatic heterocycles. The zero-order valence-corrected chi connectivity index (χ0v) is 11.7. The lowest BCUT2D eigenvalue weighted by Crippen LogP contribution is -2.39. The number of nitrogens with zero attached hydrogens (tertiary/aromatic N) is 3. The van der Waals surface area contributed by atoms with Gasteiger partial charge in [0.25, 0.3) is 5.91 Å². The summed E-state index contributed by atoms with van der Waals surface area (Å²) in [4.78, 5) is 24.2. The number of H-pyrrole nitrogens is 1. The fourth-order valence-electron chi connectivity index (χ4n) is 2.85. The third-order valence-corrected chi connectivity index (χ3v) is 3.94. The third kappa shape index (κ3) is 2.12. The number of fused-ring (bicyclic) bond motifs is 1. The second kappa shape index (κ2) is 5.21.